The van der Waals surface area contributed by atoms with Crippen LogP contribution in [0.25, 0.3) is 0 Å². The monoisotopic (exact) mass is 504 g/mol. The summed E-state index contributed by atoms with van der Waals surface area (Å²) < 4.78 is 24.6. The van der Waals surface area contributed by atoms with Gasteiger partial charge in [-0.3, -0.25) is 0 Å². The minimum atomic E-state index is 0.566. The first kappa shape index (κ1) is 24.6. The number of ether oxygens (including phenoxy) is 4. The van der Waals surface area contributed by atoms with Gasteiger partial charge < -0.3 is 30.4 Å². The molecule has 0 bridgehead atoms. The van der Waals surface area contributed by atoms with Crippen LogP contribution in [-0.2, 0) is 0 Å². The number of nitrogens with two attached hydrogens (primary N) is 2. The number of anilines is 2. The fourth-order valence-electron chi connectivity index (χ4n) is 3.82. The first-order valence-corrected chi connectivity index (χ1v) is 12.2. The highest BCUT2D eigenvalue weighted by molar-refractivity contribution is 5.52. The van der Waals surface area contributed by atoms with Gasteiger partial charge in [0.05, 0.1) is 0 Å². The molecule has 6 nitrogen and oxygen atoms in total. The van der Waals surface area contributed by atoms with Gasteiger partial charge in [-0.2, -0.15) is 0 Å². The Hall–Kier alpha value is -5.10. The van der Waals surface area contributed by atoms with Crippen molar-refractivity contribution in [2.75, 3.05) is 11.5 Å². The standard InChI is InChI=1S/C32H28N2O4/c1-21-12-14-29(31(16-21)37-25-8-3-6-23(33)18-25)35-27-10-5-11-28(20-27)36-30-15-13-22(2)17-32(30)38-26-9-4-7-24(34)19-26/h3-20H,33-34H2,1-2H3. The zero-order chi connectivity index (χ0) is 26.5. The minimum absolute atomic E-state index is 0.566. The van der Waals surface area contributed by atoms with Crippen molar-refractivity contribution in [1.82, 2.24) is 0 Å². The van der Waals surface area contributed by atoms with E-state index in [4.69, 9.17) is 30.4 Å². The summed E-state index contributed by atoms with van der Waals surface area (Å²) in [6, 6.07) is 33.5. The first-order chi connectivity index (χ1) is 18.4. The topological polar surface area (TPSA) is 89.0 Å². The molecule has 0 radical (unpaired) electrons. The Morgan fingerprint density at radius 3 is 1.18 bits per heavy atom. The maximum atomic E-state index is 6.22. The summed E-state index contributed by atoms with van der Waals surface area (Å²) in [5, 5.41) is 0. The van der Waals surface area contributed by atoms with E-state index in [9.17, 15) is 0 Å². The maximum Gasteiger partial charge on any atom is 0.170 e. The molecule has 4 N–H and O–H groups in total. The molecule has 190 valence electrons. The summed E-state index contributed by atoms with van der Waals surface area (Å²) in [5.74, 6) is 4.74. The molecule has 0 aromatic heterocycles. The zero-order valence-corrected chi connectivity index (χ0v) is 21.2. The van der Waals surface area contributed by atoms with Crippen LogP contribution in [0.5, 0.6) is 46.0 Å². The Labute approximate surface area is 222 Å². The maximum absolute atomic E-state index is 6.22. The molecule has 0 saturated carbocycles. The second kappa shape index (κ2) is 10.9. The normalized spacial score (nSPS) is 10.6. The van der Waals surface area contributed by atoms with Gasteiger partial charge in [-0.15, -0.1) is 0 Å². The highest BCUT2D eigenvalue weighted by atomic mass is 16.5. The second-order valence-corrected chi connectivity index (χ2v) is 8.93. The van der Waals surface area contributed by atoms with Crippen LogP contribution in [0, 0.1) is 13.8 Å². The van der Waals surface area contributed by atoms with E-state index in [0.29, 0.717) is 57.4 Å². The van der Waals surface area contributed by atoms with Crippen LogP contribution in [0.4, 0.5) is 11.4 Å². The van der Waals surface area contributed by atoms with Crippen LogP contribution in [0.2, 0.25) is 0 Å². The molecule has 0 saturated heterocycles. The average Bonchev–Trinajstić information content (AvgIpc) is 2.88. The molecule has 0 unspecified atom stereocenters. The van der Waals surface area contributed by atoms with E-state index in [1.165, 1.54) is 0 Å². The molecule has 0 fully saturated rings. The van der Waals surface area contributed by atoms with Gasteiger partial charge in [0.1, 0.15) is 23.0 Å². The van der Waals surface area contributed by atoms with Crippen molar-refractivity contribution >= 4 is 11.4 Å². The third-order valence-electron chi connectivity index (χ3n) is 5.63. The van der Waals surface area contributed by atoms with Crippen LogP contribution in [0.1, 0.15) is 11.1 Å². The van der Waals surface area contributed by atoms with Gasteiger partial charge in [-0.1, -0.05) is 30.3 Å². The van der Waals surface area contributed by atoms with Gasteiger partial charge in [0.15, 0.2) is 23.0 Å². The third-order valence-corrected chi connectivity index (χ3v) is 5.63. The Morgan fingerprint density at radius 2 is 0.763 bits per heavy atom. The molecule has 38 heavy (non-hydrogen) atoms. The van der Waals surface area contributed by atoms with Gasteiger partial charge in [0.2, 0.25) is 0 Å². The van der Waals surface area contributed by atoms with Gasteiger partial charge in [0, 0.05) is 29.6 Å². The van der Waals surface area contributed by atoms with E-state index in [-0.39, 0.29) is 0 Å². The van der Waals surface area contributed by atoms with E-state index in [2.05, 4.69) is 0 Å². The van der Waals surface area contributed by atoms with Crippen LogP contribution in [0.15, 0.2) is 109 Å². The summed E-state index contributed by atoms with van der Waals surface area (Å²) in [5.41, 5.74) is 15.2. The van der Waals surface area contributed by atoms with Gasteiger partial charge >= 0.3 is 0 Å². The van der Waals surface area contributed by atoms with E-state index in [0.717, 1.165) is 11.1 Å². The Morgan fingerprint density at radius 1 is 0.395 bits per heavy atom. The number of nitrogen functional groups attached to an aromatic ring is 2. The van der Waals surface area contributed by atoms with Gasteiger partial charge in [0.25, 0.3) is 0 Å². The SMILES string of the molecule is Cc1ccc(Oc2cccc(Oc3ccc(C)cc3Oc3cccc(N)c3)c2)c(Oc2cccc(N)c2)c1. The lowest BCUT2D eigenvalue weighted by molar-refractivity contribution is 0.407. The molecule has 0 atom stereocenters. The Kier molecular flexibility index (Phi) is 7.04. The van der Waals surface area contributed by atoms with Gasteiger partial charge in [-0.05, 0) is 85.6 Å². The van der Waals surface area contributed by atoms with E-state index in [1.807, 2.05) is 111 Å². The van der Waals surface area contributed by atoms with Crippen molar-refractivity contribution in [2.45, 2.75) is 13.8 Å². The number of rotatable bonds is 8. The summed E-state index contributed by atoms with van der Waals surface area (Å²) in [7, 11) is 0. The summed E-state index contributed by atoms with van der Waals surface area (Å²) >= 11 is 0. The van der Waals surface area contributed by atoms with Crippen molar-refractivity contribution in [3.63, 3.8) is 0 Å². The molecule has 0 aliphatic carbocycles. The van der Waals surface area contributed by atoms with Crippen LogP contribution >= 0.6 is 0 Å². The fourth-order valence-corrected chi connectivity index (χ4v) is 3.82. The van der Waals surface area contributed by atoms with Crippen LogP contribution in [0.3, 0.4) is 0 Å². The second-order valence-electron chi connectivity index (χ2n) is 8.93. The smallest absolute Gasteiger partial charge is 0.170 e. The summed E-state index contributed by atoms with van der Waals surface area (Å²) in [6.45, 7) is 3.99. The highest BCUT2D eigenvalue weighted by Crippen LogP contribution is 2.39. The molecular formula is C32H28N2O4. The molecular weight excluding hydrogens is 476 g/mol. The van der Waals surface area contributed by atoms with Crippen LogP contribution in [-0.4, -0.2) is 0 Å². The first-order valence-electron chi connectivity index (χ1n) is 12.2. The van der Waals surface area contributed by atoms with Gasteiger partial charge in [-0.25, -0.2) is 0 Å². The van der Waals surface area contributed by atoms with Crippen molar-refractivity contribution in [3.05, 3.63) is 120 Å². The quantitative estimate of drug-likeness (QED) is 0.206. The lowest BCUT2D eigenvalue weighted by Crippen LogP contribution is -1.94. The average molecular weight is 505 g/mol. The molecule has 5 rings (SSSR count). The lowest BCUT2D eigenvalue weighted by atomic mass is 10.2. The number of aryl methyl sites for hydroxylation is 2. The number of hydrogen-bond acceptors (Lipinski definition) is 6. The molecule has 5 aromatic carbocycles. The van der Waals surface area contributed by atoms with E-state index in [1.54, 1.807) is 12.1 Å². The predicted molar refractivity (Wildman–Crippen MR) is 151 cm³/mol. The largest absolute Gasteiger partial charge is 0.453 e. The van der Waals surface area contributed by atoms with E-state index >= 15 is 0 Å². The minimum Gasteiger partial charge on any atom is -0.453 e. The van der Waals surface area contributed by atoms with Crippen molar-refractivity contribution in [1.29, 1.82) is 0 Å². The molecule has 6 heteroatoms. The summed E-state index contributed by atoms with van der Waals surface area (Å²) in [6.07, 6.45) is 0. The van der Waals surface area contributed by atoms with Crippen molar-refractivity contribution < 1.29 is 18.9 Å². The number of hydrogen-bond donors (Lipinski definition) is 2. The summed E-state index contributed by atoms with van der Waals surface area (Å²) in [4.78, 5) is 0. The Bertz CT molecular complexity index is 1470. The Balaban J connectivity index is 1.38. The third kappa shape index (κ3) is 6.17. The fraction of sp³-hybridized carbons (Fsp3) is 0.0625. The van der Waals surface area contributed by atoms with Crippen LogP contribution < -0.4 is 30.4 Å². The molecule has 5 aromatic rings. The molecule has 0 aliphatic heterocycles. The number of benzene rings is 5. The molecule has 0 spiro atoms. The van der Waals surface area contributed by atoms with E-state index < -0.39 is 0 Å². The molecule has 0 aliphatic rings. The van der Waals surface area contributed by atoms with Crippen molar-refractivity contribution in [3.8, 4) is 46.0 Å². The van der Waals surface area contributed by atoms with Crippen molar-refractivity contribution in [2.24, 2.45) is 0 Å². The lowest BCUT2D eigenvalue weighted by Gasteiger charge is -2.15. The predicted octanol–water partition coefficient (Wildman–Crippen LogP) is 8.64. The zero-order valence-electron chi connectivity index (χ0n) is 21.2. The molecule has 0 amide bonds. The highest BCUT2D eigenvalue weighted by Gasteiger charge is 2.12. The molecule has 0 heterocycles.